The highest BCUT2D eigenvalue weighted by molar-refractivity contribution is 5.87. The Kier molecular flexibility index (Phi) is 6.62. The largest absolute Gasteiger partial charge is 0.462 e. The van der Waals surface area contributed by atoms with Gasteiger partial charge in [0.2, 0.25) is 0 Å². The molecule has 4 heteroatoms. The van der Waals surface area contributed by atoms with Gasteiger partial charge in [0, 0.05) is 13.3 Å². The van der Waals surface area contributed by atoms with Crippen LogP contribution in [0.25, 0.3) is 0 Å². The molecule has 0 aromatic carbocycles. The zero-order valence-electron chi connectivity index (χ0n) is 9.40. The summed E-state index contributed by atoms with van der Waals surface area (Å²) in [7, 11) is 0. The van der Waals surface area contributed by atoms with E-state index < -0.39 is 6.10 Å². The maximum absolute atomic E-state index is 10.7. The van der Waals surface area contributed by atoms with Gasteiger partial charge in [-0.25, -0.2) is 0 Å². The zero-order valence-corrected chi connectivity index (χ0v) is 9.40. The molecule has 15 heavy (non-hydrogen) atoms. The normalized spacial score (nSPS) is 14.9. The molecule has 4 nitrogen and oxygen atoms in total. The number of carbonyl (C=O) groups excluding carboxylic acids is 2. The maximum atomic E-state index is 10.7. The van der Waals surface area contributed by atoms with Crippen LogP contribution >= 0.6 is 0 Å². The Hall–Kier alpha value is -1.16. The SMILES string of the molecule is CCC(CC(O)/C=C/C(C)=O)OC(C)=O. The lowest BCUT2D eigenvalue weighted by Crippen LogP contribution is -2.21. The second-order valence-electron chi connectivity index (χ2n) is 3.41. The van der Waals surface area contributed by atoms with E-state index in [0.717, 1.165) is 0 Å². The van der Waals surface area contributed by atoms with Gasteiger partial charge in [-0.15, -0.1) is 0 Å². The molecule has 0 saturated carbocycles. The predicted octanol–water partition coefficient (Wildman–Crippen LogP) is 1.22. The first kappa shape index (κ1) is 13.8. The van der Waals surface area contributed by atoms with Gasteiger partial charge < -0.3 is 9.84 Å². The molecule has 2 atom stereocenters. The highest BCUT2D eigenvalue weighted by Crippen LogP contribution is 2.08. The molecule has 0 aliphatic heterocycles. The number of aliphatic hydroxyl groups excluding tert-OH is 1. The van der Waals surface area contributed by atoms with Crippen LogP contribution in [0.4, 0.5) is 0 Å². The molecule has 0 spiro atoms. The first-order valence-electron chi connectivity index (χ1n) is 4.99. The van der Waals surface area contributed by atoms with Crippen molar-refractivity contribution in [3.63, 3.8) is 0 Å². The third kappa shape index (κ3) is 7.88. The maximum Gasteiger partial charge on any atom is 0.302 e. The van der Waals surface area contributed by atoms with Crippen LogP contribution < -0.4 is 0 Å². The van der Waals surface area contributed by atoms with Crippen LogP contribution in [0, 0.1) is 0 Å². The fourth-order valence-corrected chi connectivity index (χ4v) is 1.13. The Morgan fingerprint density at radius 2 is 2.00 bits per heavy atom. The predicted molar refractivity (Wildman–Crippen MR) is 56.3 cm³/mol. The second kappa shape index (κ2) is 7.17. The number of ketones is 1. The quantitative estimate of drug-likeness (QED) is 0.533. The molecular formula is C11H18O4. The van der Waals surface area contributed by atoms with Gasteiger partial charge in [0.25, 0.3) is 0 Å². The average Bonchev–Trinajstić information content (AvgIpc) is 2.13. The van der Waals surface area contributed by atoms with Gasteiger partial charge >= 0.3 is 5.97 Å². The van der Waals surface area contributed by atoms with Gasteiger partial charge in [-0.1, -0.05) is 13.0 Å². The lowest BCUT2D eigenvalue weighted by Gasteiger charge is -2.16. The van der Waals surface area contributed by atoms with Gasteiger partial charge in [0.15, 0.2) is 5.78 Å². The number of ether oxygens (including phenoxy) is 1. The molecule has 0 amide bonds. The van der Waals surface area contributed by atoms with Crippen LogP contribution in [0.15, 0.2) is 12.2 Å². The van der Waals surface area contributed by atoms with E-state index in [1.54, 1.807) is 0 Å². The van der Waals surface area contributed by atoms with Gasteiger partial charge in [-0.2, -0.15) is 0 Å². The smallest absolute Gasteiger partial charge is 0.302 e. The van der Waals surface area contributed by atoms with Crippen LogP contribution in [-0.2, 0) is 14.3 Å². The summed E-state index contributed by atoms with van der Waals surface area (Å²) in [5.41, 5.74) is 0. The summed E-state index contributed by atoms with van der Waals surface area (Å²) in [4.78, 5) is 21.3. The number of allylic oxidation sites excluding steroid dienone is 1. The third-order valence-corrected chi connectivity index (χ3v) is 1.85. The Bertz CT molecular complexity index is 245. The molecule has 0 bridgehead atoms. The lowest BCUT2D eigenvalue weighted by atomic mass is 10.1. The lowest BCUT2D eigenvalue weighted by molar-refractivity contribution is -0.147. The number of esters is 1. The van der Waals surface area contributed by atoms with E-state index in [1.807, 2.05) is 6.92 Å². The first-order valence-corrected chi connectivity index (χ1v) is 4.99. The molecule has 0 saturated heterocycles. The van der Waals surface area contributed by atoms with Crippen molar-refractivity contribution in [3.05, 3.63) is 12.2 Å². The van der Waals surface area contributed by atoms with Crippen LogP contribution in [-0.4, -0.2) is 29.1 Å². The third-order valence-electron chi connectivity index (χ3n) is 1.85. The van der Waals surface area contributed by atoms with E-state index in [2.05, 4.69) is 0 Å². The average molecular weight is 214 g/mol. The number of rotatable bonds is 6. The highest BCUT2D eigenvalue weighted by atomic mass is 16.5. The molecule has 0 rings (SSSR count). The minimum absolute atomic E-state index is 0.116. The molecule has 0 fully saturated rings. The van der Waals surface area contributed by atoms with Crippen molar-refractivity contribution < 1.29 is 19.4 Å². The van der Waals surface area contributed by atoms with Crippen molar-refractivity contribution in [2.75, 3.05) is 0 Å². The second-order valence-corrected chi connectivity index (χ2v) is 3.41. The molecule has 0 radical (unpaired) electrons. The summed E-state index contributed by atoms with van der Waals surface area (Å²) in [5.74, 6) is -0.473. The van der Waals surface area contributed by atoms with Crippen molar-refractivity contribution in [2.24, 2.45) is 0 Å². The van der Waals surface area contributed by atoms with Gasteiger partial charge in [0.05, 0.1) is 6.10 Å². The molecule has 0 aliphatic rings. The van der Waals surface area contributed by atoms with E-state index in [0.29, 0.717) is 12.8 Å². The van der Waals surface area contributed by atoms with Crippen molar-refractivity contribution in [2.45, 2.75) is 45.8 Å². The molecule has 2 unspecified atom stereocenters. The highest BCUT2D eigenvalue weighted by Gasteiger charge is 2.13. The number of carbonyl (C=O) groups is 2. The summed E-state index contributed by atoms with van der Waals surface area (Å²) in [6.45, 7) is 4.61. The fraction of sp³-hybridized carbons (Fsp3) is 0.636. The Morgan fingerprint density at radius 1 is 1.40 bits per heavy atom. The minimum atomic E-state index is -0.752. The Morgan fingerprint density at radius 3 is 2.40 bits per heavy atom. The topological polar surface area (TPSA) is 63.6 Å². The van der Waals surface area contributed by atoms with E-state index in [4.69, 9.17) is 4.74 Å². The van der Waals surface area contributed by atoms with Crippen molar-refractivity contribution >= 4 is 11.8 Å². The standard InChI is InChI=1S/C11H18O4/c1-4-11(15-9(3)13)7-10(14)6-5-8(2)12/h5-6,10-11,14H,4,7H2,1-3H3/b6-5+. The number of aliphatic hydroxyl groups is 1. The van der Waals surface area contributed by atoms with Gasteiger partial charge in [-0.05, 0) is 19.4 Å². The summed E-state index contributed by atoms with van der Waals surface area (Å²) < 4.78 is 4.96. The van der Waals surface area contributed by atoms with E-state index in [-0.39, 0.29) is 17.9 Å². The van der Waals surface area contributed by atoms with Gasteiger partial charge in [-0.3, -0.25) is 9.59 Å². The van der Waals surface area contributed by atoms with Crippen LogP contribution in [0.5, 0.6) is 0 Å². The number of hydrogen-bond acceptors (Lipinski definition) is 4. The zero-order chi connectivity index (χ0) is 11.8. The van der Waals surface area contributed by atoms with Crippen molar-refractivity contribution in [3.8, 4) is 0 Å². The summed E-state index contributed by atoms with van der Waals surface area (Å²) in [5, 5.41) is 9.48. The van der Waals surface area contributed by atoms with E-state index in [1.165, 1.54) is 26.0 Å². The van der Waals surface area contributed by atoms with Crippen molar-refractivity contribution in [1.82, 2.24) is 0 Å². The summed E-state index contributed by atoms with van der Waals surface area (Å²) in [6.07, 6.45) is 2.64. The van der Waals surface area contributed by atoms with Crippen LogP contribution in [0.3, 0.4) is 0 Å². The molecule has 0 aromatic heterocycles. The van der Waals surface area contributed by atoms with E-state index >= 15 is 0 Å². The van der Waals surface area contributed by atoms with Crippen LogP contribution in [0.2, 0.25) is 0 Å². The summed E-state index contributed by atoms with van der Waals surface area (Å²) in [6, 6.07) is 0. The first-order chi connectivity index (χ1) is 6.95. The van der Waals surface area contributed by atoms with E-state index in [9.17, 15) is 14.7 Å². The number of hydrogen-bond donors (Lipinski definition) is 1. The Labute approximate surface area is 89.9 Å². The minimum Gasteiger partial charge on any atom is -0.462 e. The van der Waals surface area contributed by atoms with Crippen LogP contribution in [0.1, 0.15) is 33.6 Å². The molecule has 86 valence electrons. The summed E-state index contributed by atoms with van der Waals surface area (Å²) >= 11 is 0. The fourth-order valence-electron chi connectivity index (χ4n) is 1.13. The van der Waals surface area contributed by atoms with Gasteiger partial charge in [0.1, 0.15) is 6.10 Å². The molecule has 0 aliphatic carbocycles. The molecular weight excluding hydrogens is 196 g/mol. The molecule has 0 aromatic rings. The Balaban J connectivity index is 4.06. The molecule has 0 heterocycles. The monoisotopic (exact) mass is 214 g/mol. The van der Waals surface area contributed by atoms with Crippen molar-refractivity contribution in [1.29, 1.82) is 0 Å². The molecule has 1 N–H and O–H groups in total.